The zero-order chi connectivity index (χ0) is 16.8. The van der Waals surface area contributed by atoms with Crippen molar-refractivity contribution in [3.63, 3.8) is 0 Å². The molecule has 0 spiro atoms. The van der Waals surface area contributed by atoms with E-state index in [2.05, 4.69) is 10.3 Å². The first-order chi connectivity index (χ1) is 11.0. The van der Waals surface area contributed by atoms with Gasteiger partial charge in [0.1, 0.15) is 0 Å². The molecule has 1 amide bonds. The first kappa shape index (κ1) is 16.2. The Labute approximate surface area is 131 Å². The Hall–Kier alpha value is -3.22. The monoisotopic (exact) mass is 314 g/mol. The number of esters is 1. The minimum atomic E-state index is -1.24. The van der Waals surface area contributed by atoms with Crippen molar-refractivity contribution in [1.82, 2.24) is 4.98 Å². The van der Waals surface area contributed by atoms with Crippen molar-refractivity contribution in [1.29, 1.82) is 0 Å². The molecule has 7 nitrogen and oxygen atoms in total. The van der Waals surface area contributed by atoms with Crippen molar-refractivity contribution in [2.45, 2.75) is 6.92 Å². The van der Waals surface area contributed by atoms with Gasteiger partial charge in [-0.05, 0) is 37.3 Å². The third-order valence-electron chi connectivity index (χ3n) is 2.95. The van der Waals surface area contributed by atoms with Gasteiger partial charge in [0.25, 0.3) is 5.91 Å². The van der Waals surface area contributed by atoms with Crippen molar-refractivity contribution < 1.29 is 24.2 Å². The van der Waals surface area contributed by atoms with Crippen LogP contribution in [0, 0.1) is 0 Å². The highest BCUT2D eigenvalue weighted by molar-refractivity contribution is 6.10. The van der Waals surface area contributed by atoms with E-state index in [4.69, 9.17) is 9.84 Å². The summed E-state index contributed by atoms with van der Waals surface area (Å²) in [5.74, 6) is -2.26. The van der Waals surface area contributed by atoms with Gasteiger partial charge in [0, 0.05) is 18.1 Å². The molecule has 0 bridgehead atoms. The van der Waals surface area contributed by atoms with Crippen molar-refractivity contribution in [2.24, 2.45) is 0 Å². The van der Waals surface area contributed by atoms with E-state index in [-0.39, 0.29) is 17.7 Å². The van der Waals surface area contributed by atoms with Crippen LogP contribution in [0.3, 0.4) is 0 Å². The number of carboxylic acids is 1. The number of pyridine rings is 1. The largest absolute Gasteiger partial charge is 0.478 e. The molecule has 0 aliphatic rings. The van der Waals surface area contributed by atoms with E-state index >= 15 is 0 Å². The molecule has 0 radical (unpaired) electrons. The summed E-state index contributed by atoms with van der Waals surface area (Å²) in [7, 11) is 0. The van der Waals surface area contributed by atoms with Gasteiger partial charge in [0.15, 0.2) is 0 Å². The summed E-state index contributed by atoms with van der Waals surface area (Å²) >= 11 is 0. The van der Waals surface area contributed by atoms with Gasteiger partial charge in [-0.15, -0.1) is 0 Å². The Bertz CT molecular complexity index is 740. The van der Waals surface area contributed by atoms with Gasteiger partial charge in [-0.3, -0.25) is 9.78 Å². The minimum absolute atomic E-state index is 0.00182. The van der Waals surface area contributed by atoms with E-state index in [1.807, 2.05) is 0 Å². The number of nitrogens with one attached hydrogen (secondary N) is 1. The second kappa shape index (κ2) is 7.17. The van der Waals surface area contributed by atoms with Gasteiger partial charge in [-0.1, -0.05) is 0 Å². The maximum Gasteiger partial charge on any atom is 0.338 e. The lowest BCUT2D eigenvalue weighted by Gasteiger charge is -2.08. The van der Waals surface area contributed by atoms with Gasteiger partial charge in [0.05, 0.1) is 23.3 Å². The molecule has 1 aromatic heterocycles. The Kier molecular flexibility index (Phi) is 5.03. The number of aromatic carboxylic acids is 1. The number of benzene rings is 1. The van der Waals surface area contributed by atoms with Gasteiger partial charge in [0.2, 0.25) is 0 Å². The number of hydrogen-bond acceptors (Lipinski definition) is 5. The fourth-order valence-electron chi connectivity index (χ4n) is 1.87. The van der Waals surface area contributed by atoms with Crippen LogP contribution in [-0.2, 0) is 4.74 Å². The first-order valence-electron chi connectivity index (χ1n) is 6.78. The van der Waals surface area contributed by atoms with Gasteiger partial charge >= 0.3 is 11.9 Å². The topological polar surface area (TPSA) is 106 Å². The molecule has 0 saturated carbocycles. The number of ether oxygens (including phenoxy) is 1. The fourth-order valence-corrected chi connectivity index (χ4v) is 1.87. The molecule has 0 aliphatic heterocycles. The number of carbonyl (C=O) groups is 3. The highest BCUT2D eigenvalue weighted by Crippen LogP contribution is 2.14. The van der Waals surface area contributed by atoms with Gasteiger partial charge in [-0.25, -0.2) is 9.59 Å². The molecule has 1 aromatic carbocycles. The maximum atomic E-state index is 12.2. The summed E-state index contributed by atoms with van der Waals surface area (Å²) in [6.07, 6.45) is 2.45. The van der Waals surface area contributed by atoms with Crippen LogP contribution in [0.15, 0.2) is 42.7 Å². The molecule has 0 fully saturated rings. The summed E-state index contributed by atoms with van der Waals surface area (Å²) in [4.78, 5) is 38.5. The molecule has 0 saturated heterocycles. The van der Waals surface area contributed by atoms with E-state index in [0.717, 1.165) is 6.20 Å². The predicted molar refractivity (Wildman–Crippen MR) is 81.5 cm³/mol. The number of amides is 1. The summed E-state index contributed by atoms with van der Waals surface area (Å²) in [5, 5.41) is 11.6. The maximum absolute atomic E-state index is 12.2. The number of hydrogen-bond donors (Lipinski definition) is 2. The molecule has 23 heavy (non-hydrogen) atoms. The third-order valence-corrected chi connectivity index (χ3v) is 2.95. The van der Waals surface area contributed by atoms with Crippen molar-refractivity contribution in [2.75, 3.05) is 11.9 Å². The lowest BCUT2D eigenvalue weighted by atomic mass is 10.1. The third kappa shape index (κ3) is 3.91. The summed E-state index contributed by atoms with van der Waals surface area (Å²) in [5.41, 5.74) is 0.603. The lowest BCUT2D eigenvalue weighted by Crippen LogP contribution is -2.16. The number of carbonyl (C=O) groups excluding carboxylic acids is 2. The van der Waals surface area contributed by atoms with Crippen LogP contribution < -0.4 is 5.32 Å². The number of nitrogens with zero attached hydrogens (tertiary/aromatic N) is 1. The van der Waals surface area contributed by atoms with Gasteiger partial charge < -0.3 is 15.2 Å². The number of rotatable bonds is 5. The van der Waals surface area contributed by atoms with Crippen LogP contribution in [0.1, 0.15) is 38.0 Å². The Morgan fingerprint density at radius 1 is 1.13 bits per heavy atom. The summed E-state index contributed by atoms with van der Waals surface area (Å²) in [6, 6.07) is 7.42. The second-order valence-electron chi connectivity index (χ2n) is 4.48. The van der Waals surface area contributed by atoms with E-state index in [1.54, 1.807) is 6.92 Å². The molecule has 7 heteroatoms. The molecular weight excluding hydrogens is 300 g/mol. The quantitative estimate of drug-likeness (QED) is 0.820. The van der Waals surface area contributed by atoms with Gasteiger partial charge in [-0.2, -0.15) is 0 Å². The molecular formula is C16H14N2O5. The zero-order valence-electron chi connectivity index (χ0n) is 12.3. The average molecular weight is 314 g/mol. The number of aromatic nitrogens is 1. The molecule has 118 valence electrons. The zero-order valence-corrected chi connectivity index (χ0v) is 12.3. The molecule has 1 heterocycles. The van der Waals surface area contributed by atoms with Crippen LogP contribution in [0.25, 0.3) is 0 Å². The molecule has 0 atom stereocenters. The average Bonchev–Trinajstić information content (AvgIpc) is 2.55. The normalized spacial score (nSPS) is 9.96. The molecule has 0 aliphatic carbocycles. The Balaban J connectivity index is 2.15. The van der Waals surface area contributed by atoms with Crippen LogP contribution in [0.5, 0.6) is 0 Å². The smallest absolute Gasteiger partial charge is 0.338 e. The van der Waals surface area contributed by atoms with Crippen molar-refractivity contribution >= 4 is 23.5 Å². The van der Waals surface area contributed by atoms with E-state index < -0.39 is 17.8 Å². The predicted octanol–water partition coefficient (Wildman–Crippen LogP) is 2.21. The van der Waals surface area contributed by atoms with Crippen LogP contribution in [0.2, 0.25) is 0 Å². The molecule has 0 unspecified atom stereocenters. The van der Waals surface area contributed by atoms with Crippen molar-refractivity contribution in [3.05, 3.63) is 59.4 Å². The lowest BCUT2D eigenvalue weighted by molar-refractivity contribution is 0.0525. The highest BCUT2D eigenvalue weighted by Gasteiger charge is 2.16. The number of carboxylic acid groups (broad SMARTS) is 1. The number of anilines is 1. The Morgan fingerprint density at radius 2 is 1.83 bits per heavy atom. The standard InChI is InChI=1S/C16H14N2O5/c1-2-23-16(22)10-3-5-11(6-4-10)18-14(19)12-7-8-17-9-13(12)15(20)21/h3-9H,2H2,1H3,(H,18,19)(H,20,21). The highest BCUT2D eigenvalue weighted by atomic mass is 16.5. The summed E-state index contributed by atoms with van der Waals surface area (Å²) in [6.45, 7) is 1.98. The summed E-state index contributed by atoms with van der Waals surface area (Å²) < 4.78 is 4.86. The molecule has 2 aromatic rings. The SMILES string of the molecule is CCOC(=O)c1ccc(NC(=O)c2ccncc2C(=O)O)cc1. The Morgan fingerprint density at radius 3 is 2.43 bits per heavy atom. The van der Waals surface area contributed by atoms with E-state index in [9.17, 15) is 14.4 Å². The minimum Gasteiger partial charge on any atom is -0.478 e. The van der Waals surface area contributed by atoms with E-state index in [1.165, 1.54) is 36.5 Å². The second-order valence-corrected chi connectivity index (χ2v) is 4.48. The van der Waals surface area contributed by atoms with Crippen LogP contribution >= 0.6 is 0 Å². The van der Waals surface area contributed by atoms with Crippen molar-refractivity contribution in [3.8, 4) is 0 Å². The fraction of sp³-hybridized carbons (Fsp3) is 0.125. The van der Waals surface area contributed by atoms with Crippen LogP contribution in [0.4, 0.5) is 5.69 Å². The van der Waals surface area contributed by atoms with Crippen LogP contribution in [-0.4, -0.2) is 34.5 Å². The molecule has 2 N–H and O–H groups in total. The van der Waals surface area contributed by atoms with E-state index in [0.29, 0.717) is 11.3 Å². The molecule has 2 rings (SSSR count). The first-order valence-corrected chi connectivity index (χ1v) is 6.78.